The SMILES string of the molecule is CCCCCC(C)OC(=O)CCC(=O)Oc1c(Cl)c(Cl)c(Cl)c(Cl)c1Cl. The third-order valence-corrected chi connectivity index (χ3v) is 5.71. The van der Waals surface area contributed by atoms with Gasteiger partial charge in [-0.2, -0.15) is 0 Å². The summed E-state index contributed by atoms with van der Waals surface area (Å²) in [6, 6.07) is 0. The molecule has 0 aromatic heterocycles. The van der Waals surface area contributed by atoms with E-state index in [1.54, 1.807) is 0 Å². The minimum Gasteiger partial charge on any atom is -0.463 e. The Hall–Kier alpha value is -0.390. The minimum atomic E-state index is -0.723. The standard InChI is InChI=1S/C17H19Cl5O4/c1-3-4-5-6-9(2)25-10(23)7-8-11(24)26-17-15(21)13(19)12(18)14(20)16(17)22/h9H,3-8H2,1-2H3. The van der Waals surface area contributed by atoms with Crippen molar-refractivity contribution in [2.24, 2.45) is 0 Å². The number of unbranched alkanes of at least 4 members (excludes halogenated alkanes) is 2. The largest absolute Gasteiger partial charge is 0.463 e. The highest BCUT2D eigenvalue weighted by atomic mass is 35.5. The van der Waals surface area contributed by atoms with E-state index in [0.717, 1.165) is 25.7 Å². The molecule has 1 rings (SSSR count). The zero-order valence-electron chi connectivity index (χ0n) is 14.3. The molecular weight excluding hydrogens is 445 g/mol. The molecule has 0 aliphatic rings. The van der Waals surface area contributed by atoms with Gasteiger partial charge in [0, 0.05) is 0 Å². The molecule has 0 radical (unpaired) electrons. The van der Waals surface area contributed by atoms with Gasteiger partial charge in [0.15, 0.2) is 5.75 Å². The fraction of sp³-hybridized carbons (Fsp3) is 0.529. The summed E-state index contributed by atoms with van der Waals surface area (Å²) < 4.78 is 10.3. The summed E-state index contributed by atoms with van der Waals surface area (Å²) >= 11 is 29.6. The van der Waals surface area contributed by atoms with Crippen LogP contribution in [0.1, 0.15) is 52.4 Å². The van der Waals surface area contributed by atoms with Crippen molar-refractivity contribution >= 4 is 69.9 Å². The first-order chi connectivity index (χ1) is 12.2. The number of halogens is 5. The molecule has 0 aliphatic heterocycles. The Morgan fingerprint density at radius 1 is 0.846 bits per heavy atom. The molecule has 4 nitrogen and oxygen atoms in total. The Balaban J connectivity index is 2.57. The zero-order valence-corrected chi connectivity index (χ0v) is 18.1. The molecule has 146 valence electrons. The first kappa shape index (κ1) is 23.6. The summed E-state index contributed by atoms with van der Waals surface area (Å²) in [5.74, 6) is -1.40. The summed E-state index contributed by atoms with van der Waals surface area (Å²) in [6.07, 6.45) is 3.44. The number of esters is 2. The van der Waals surface area contributed by atoms with Crippen LogP contribution >= 0.6 is 58.0 Å². The molecular formula is C17H19Cl5O4. The van der Waals surface area contributed by atoms with Crippen molar-refractivity contribution < 1.29 is 19.1 Å². The van der Waals surface area contributed by atoms with Crippen LogP contribution < -0.4 is 4.74 Å². The molecule has 0 heterocycles. The predicted molar refractivity (Wildman–Crippen MR) is 106 cm³/mol. The molecule has 1 unspecified atom stereocenters. The molecule has 0 amide bonds. The second-order valence-corrected chi connectivity index (χ2v) is 7.56. The summed E-state index contributed by atoms with van der Waals surface area (Å²) in [6.45, 7) is 3.92. The monoisotopic (exact) mass is 462 g/mol. The van der Waals surface area contributed by atoms with Gasteiger partial charge in [-0.05, 0) is 19.8 Å². The van der Waals surface area contributed by atoms with Gasteiger partial charge in [0.2, 0.25) is 0 Å². The number of hydrogen-bond donors (Lipinski definition) is 0. The lowest BCUT2D eigenvalue weighted by molar-refractivity contribution is -0.151. The van der Waals surface area contributed by atoms with E-state index in [4.69, 9.17) is 67.5 Å². The van der Waals surface area contributed by atoms with Crippen LogP contribution in [0, 0.1) is 0 Å². The van der Waals surface area contributed by atoms with E-state index in [9.17, 15) is 9.59 Å². The Labute approximate surface area is 178 Å². The zero-order chi connectivity index (χ0) is 19.9. The maximum atomic E-state index is 12.0. The molecule has 1 aromatic rings. The van der Waals surface area contributed by atoms with E-state index in [1.807, 2.05) is 6.92 Å². The molecule has 0 aliphatic carbocycles. The third kappa shape index (κ3) is 6.97. The van der Waals surface area contributed by atoms with Gasteiger partial charge in [0.25, 0.3) is 0 Å². The average molecular weight is 465 g/mol. The van der Waals surface area contributed by atoms with Crippen LogP contribution in [0.2, 0.25) is 25.1 Å². The first-order valence-electron chi connectivity index (χ1n) is 8.10. The van der Waals surface area contributed by atoms with Crippen LogP contribution in [-0.2, 0) is 14.3 Å². The van der Waals surface area contributed by atoms with Gasteiger partial charge in [0.05, 0.1) is 34.0 Å². The smallest absolute Gasteiger partial charge is 0.311 e. The maximum absolute atomic E-state index is 12.0. The molecule has 0 N–H and O–H groups in total. The van der Waals surface area contributed by atoms with Crippen molar-refractivity contribution in [3.63, 3.8) is 0 Å². The fourth-order valence-corrected chi connectivity index (χ4v) is 3.27. The van der Waals surface area contributed by atoms with E-state index >= 15 is 0 Å². The van der Waals surface area contributed by atoms with Crippen LogP contribution in [0.4, 0.5) is 0 Å². The molecule has 0 fully saturated rings. The van der Waals surface area contributed by atoms with Gasteiger partial charge in [-0.25, -0.2) is 0 Å². The highest BCUT2D eigenvalue weighted by Crippen LogP contribution is 2.48. The maximum Gasteiger partial charge on any atom is 0.311 e. The quantitative estimate of drug-likeness (QED) is 0.128. The fourth-order valence-electron chi connectivity index (χ4n) is 2.07. The number of hydrogen-bond acceptors (Lipinski definition) is 4. The van der Waals surface area contributed by atoms with Crippen molar-refractivity contribution in [1.82, 2.24) is 0 Å². The van der Waals surface area contributed by atoms with Gasteiger partial charge < -0.3 is 9.47 Å². The predicted octanol–water partition coefficient (Wildman–Crippen LogP) is 7.15. The van der Waals surface area contributed by atoms with Crippen LogP contribution in [0.25, 0.3) is 0 Å². The molecule has 1 aromatic carbocycles. The Kier molecular flexibility index (Phi) is 10.4. The number of carbonyl (C=O) groups is 2. The number of carbonyl (C=O) groups excluding carboxylic acids is 2. The summed E-state index contributed by atoms with van der Waals surface area (Å²) in [5, 5.41) is -0.460. The number of ether oxygens (including phenoxy) is 2. The van der Waals surface area contributed by atoms with E-state index in [0.29, 0.717) is 0 Å². The molecule has 0 bridgehead atoms. The third-order valence-electron chi connectivity index (χ3n) is 3.47. The molecule has 0 saturated heterocycles. The number of benzene rings is 1. The normalized spacial score (nSPS) is 12.0. The van der Waals surface area contributed by atoms with Crippen molar-refractivity contribution in [3.8, 4) is 5.75 Å². The van der Waals surface area contributed by atoms with E-state index in [1.165, 1.54) is 0 Å². The van der Waals surface area contributed by atoms with Gasteiger partial charge in [-0.1, -0.05) is 77.8 Å². The molecule has 0 saturated carbocycles. The van der Waals surface area contributed by atoms with Gasteiger partial charge in [0.1, 0.15) is 10.0 Å². The van der Waals surface area contributed by atoms with Crippen LogP contribution in [0.3, 0.4) is 0 Å². The van der Waals surface area contributed by atoms with Crippen LogP contribution in [0.15, 0.2) is 0 Å². The molecule has 9 heteroatoms. The topological polar surface area (TPSA) is 52.6 Å². The average Bonchev–Trinajstić information content (AvgIpc) is 2.60. The number of rotatable bonds is 9. The van der Waals surface area contributed by atoms with Gasteiger partial charge >= 0.3 is 11.9 Å². The van der Waals surface area contributed by atoms with Crippen molar-refractivity contribution in [2.75, 3.05) is 0 Å². The molecule has 26 heavy (non-hydrogen) atoms. The van der Waals surface area contributed by atoms with E-state index < -0.39 is 11.9 Å². The van der Waals surface area contributed by atoms with E-state index in [-0.39, 0.29) is 49.8 Å². The Bertz CT molecular complexity index is 634. The van der Waals surface area contributed by atoms with Crippen LogP contribution in [0.5, 0.6) is 5.75 Å². The summed E-state index contributed by atoms with van der Waals surface area (Å²) in [5.41, 5.74) is 0. The van der Waals surface area contributed by atoms with Crippen molar-refractivity contribution in [3.05, 3.63) is 25.1 Å². The molecule has 0 spiro atoms. The minimum absolute atomic E-state index is 0.0382. The highest BCUT2D eigenvalue weighted by Gasteiger charge is 2.23. The second-order valence-electron chi connectivity index (χ2n) is 5.67. The van der Waals surface area contributed by atoms with Crippen molar-refractivity contribution in [1.29, 1.82) is 0 Å². The highest BCUT2D eigenvalue weighted by molar-refractivity contribution is 6.55. The summed E-state index contributed by atoms with van der Waals surface area (Å²) in [4.78, 5) is 23.7. The summed E-state index contributed by atoms with van der Waals surface area (Å²) in [7, 11) is 0. The van der Waals surface area contributed by atoms with Crippen molar-refractivity contribution in [2.45, 2.75) is 58.5 Å². The lowest BCUT2D eigenvalue weighted by Crippen LogP contribution is -2.17. The Morgan fingerprint density at radius 3 is 1.88 bits per heavy atom. The van der Waals surface area contributed by atoms with Gasteiger partial charge in [-0.15, -0.1) is 0 Å². The lowest BCUT2D eigenvalue weighted by Gasteiger charge is -2.14. The second kappa shape index (κ2) is 11.5. The molecule has 1 atom stereocenters. The van der Waals surface area contributed by atoms with Gasteiger partial charge in [-0.3, -0.25) is 9.59 Å². The van der Waals surface area contributed by atoms with Crippen LogP contribution in [-0.4, -0.2) is 18.0 Å². The van der Waals surface area contributed by atoms with E-state index in [2.05, 4.69) is 6.92 Å². The Morgan fingerprint density at radius 2 is 1.35 bits per heavy atom. The first-order valence-corrected chi connectivity index (χ1v) is 9.99. The lowest BCUT2D eigenvalue weighted by atomic mass is 10.1.